The van der Waals surface area contributed by atoms with Gasteiger partial charge in [0.15, 0.2) is 0 Å². The number of anilines is 1. The maximum absolute atomic E-state index is 11.7. The fourth-order valence-electron chi connectivity index (χ4n) is 1.87. The zero-order chi connectivity index (χ0) is 16.0. The van der Waals surface area contributed by atoms with Gasteiger partial charge in [-0.1, -0.05) is 12.1 Å². The number of amides is 1. The van der Waals surface area contributed by atoms with Crippen LogP contribution in [0.1, 0.15) is 31.9 Å². The van der Waals surface area contributed by atoms with Crippen LogP contribution >= 0.6 is 0 Å². The SMILES string of the molecule is CC(C)(C)OC(=O)Nc1ccc(CNCc2ccoc2)cc1. The molecule has 1 aromatic carbocycles. The van der Waals surface area contributed by atoms with Crippen LogP contribution in [-0.4, -0.2) is 11.7 Å². The molecule has 5 heteroatoms. The minimum atomic E-state index is -0.499. The van der Waals surface area contributed by atoms with Gasteiger partial charge in [0, 0.05) is 24.3 Å². The predicted molar refractivity (Wildman–Crippen MR) is 85.6 cm³/mol. The van der Waals surface area contributed by atoms with E-state index in [2.05, 4.69) is 10.6 Å². The van der Waals surface area contributed by atoms with Crippen LogP contribution in [0.15, 0.2) is 47.3 Å². The highest BCUT2D eigenvalue weighted by molar-refractivity contribution is 5.84. The van der Waals surface area contributed by atoms with Gasteiger partial charge in [-0.25, -0.2) is 4.79 Å². The minimum Gasteiger partial charge on any atom is -0.472 e. The van der Waals surface area contributed by atoms with Gasteiger partial charge in [-0.2, -0.15) is 0 Å². The molecule has 0 bridgehead atoms. The molecule has 0 saturated carbocycles. The monoisotopic (exact) mass is 302 g/mol. The standard InChI is InChI=1S/C17H22N2O3/c1-17(2,3)22-16(20)19-15-6-4-13(5-7-15)10-18-11-14-8-9-21-12-14/h4-9,12,18H,10-11H2,1-3H3,(H,19,20). The number of hydrogen-bond donors (Lipinski definition) is 2. The number of rotatable bonds is 5. The second-order valence-corrected chi connectivity index (χ2v) is 6.06. The van der Waals surface area contributed by atoms with Gasteiger partial charge in [-0.05, 0) is 44.5 Å². The van der Waals surface area contributed by atoms with E-state index >= 15 is 0 Å². The van der Waals surface area contributed by atoms with Crippen molar-refractivity contribution in [2.24, 2.45) is 0 Å². The van der Waals surface area contributed by atoms with E-state index < -0.39 is 11.7 Å². The Morgan fingerprint density at radius 1 is 1.09 bits per heavy atom. The summed E-state index contributed by atoms with van der Waals surface area (Å²) in [5.41, 5.74) is 2.47. The van der Waals surface area contributed by atoms with Crippen molar-refractivity contribution >= 4 is 11.8 Å². The average Bonchev–Trinajstić information content (AvgIpc) is 2.92. The van der Waals surface area contributed by atoms with Crippen LogP contribution in [0.5, 0.6) is 0 Å². The third-order valence-corrected chi connectivity index (χ3v) is 2.84. The van der Waals surface area contributed by atoms with Crippen LogP contribution in [0.25, 0.3) is 0 Å². The van der Waals surface area contributed by atoms with Crippen LogP contribution in [-0.2, 0) is 17.8 Å². The molecule has 0 aliphatic rings. The van der Waals surface area contributed by atoms with Gasteiger partial charge in [0.2, 0.25) is 0 Å². The van der Waals surface area contributed by atoms with Crippen LogP contribution in [0.4, 0.5) is 10.5 Å². The van der Waals surface area contributed by atoms with Gasteiger partial charge in [-0.15, -0.1) is 0 Å². The lowest BCUT2D eigenvalue weighted by Gasteiger charge is -2.19. The third kappa shape index (κ3) is 5.61. The molecule has 118 valence electrons. The number of benzene rings is 1. The van der Waals surface area contributed by atoms with Crippen molar-refractivity contribution in [3.63, 3.8) is 0 Å². The maximum Gasteiger partial charge on any atom is 0.412 e. The van der Waals surface area contributed by atoms with Crippen molar-refractivity contribution in [1.29, 1.82) is 0 Å². The largest absolute Gasteiger partial charge is 0.472 e. The van der Waals surface area contributed by atoms with E-state index in [-0.39, 0.29) is 0 Å². The third-order valence-electron chi connectivity index (χ3n) is 2.84. The molecule has 2 N–H and O–H groups in total. The molecule has 0 saturated heterocycles. The molecule has 0 fully saturated rings. The average molecular weight is 302 g/mol. The van der Waals surface area contributed by atoms with Gasteiger partial charge >= 0.3 is 6.09 Å². The first-order chi connectivity index (χ1) is 10.4. The second kappa shape index (κ2) is 7.13. The van der Waals surface area contributed by atoms with Crippen LogP contribution in [0, 0.1) is 0 Å². The van der Waals surface area contributed by atoms with E-state index in [1.165, 1.54) is 0 Å². The lowest BCUT2D eigenvalue weighted by molar-refractivity contribution is 0.0636. The van der Waals surface area contributed by atoms with Crippen molar-refractivity contribution in [1.82, 2.24) is 5.32 Å². The Morgan fingerprint density at radius 2 is 1.77 bits per heavy atom. The van der Waals surface area contributed by atoms with E-state index in [1.54, 1.807) is 12.5 Å². The molecular weight excluding hydrogens is 280 g/mol. The van der Waals surface area contributed by atoms with E-state index in [9.17, 15) is 4.79 Å². The van der Waals surface area contributed by atoms with Crippen molar-refractivity contribution in [3.8, 4) is 0 Å². The smallest absolute Gasteiger partial charge is 0.412 e. The van der Waals surface area contributed by atoms with Gasteiger partial charge < -0.3 is 14.5 Å². The molecule has 5 nitrogen and oxygen atoms in total. The normalized spacial score (nSPS) is 11.2. The minimum absolute atomic E-state index is 0.446. The summed E-state index contributed by atoms with van der Waals surface area (Å²) in [5, 5.41) is 6.03. The molecule has 0 aliphatic carbocycles. The Labute approximate surface area is 130 Å². The molecule has 0 atom stereocenters. The molecule has 0 aliphatic heterocycles. The Kier molecular flexibility index (Phi) is 5.22. The van der Waals surface area contributed by atoms with Gasteiger partial charge in [-0.3, -0.25) is 5.32 Å². The van der Waals surface area contributed by atoms with E-state index in [4.69, 9.17) is 9.15 Å². The van der Waals surface area contributed by atoms with Crippen molar-refractivity contribution < 1.29 is 13.9 Å². The number of nitrogens with one attached hydrogen (secondary N) is 2. The molecule has 1 aromatic heterocycles. The zero-order valence-electron chi connectivity index (χ0n) is 13.2. The highest BCUT2D eigenvalue weighted by Gasteiger charge is 2.15. The topological polar surface area (TPSA) is 63.5 Å². The molecular formula is C17H22N2O3. The molecule has 0 unspecified atom stereocenters. The molecule has 1 heterocycles. The summed E-state index contributed by atoms with van der Waals surface area (Å²) in [4.78, 5) is 11.7. The molecule has 0 radical (unpaired) electrons. The molecule has 2 aromatic rings. The second-order valence-electron chi connectivity index (χ2n) is 6.06. The Bertz CT molecular complexity index is 583. The summed E-state index contributed by atoms with van der Waals surface area (Å²) in [6, 6.07) is 9.59. The van der Waals surface area contributed by atoms with Gasteiger partial charge in [0.05, 0.1) is 12.5 Å². The van der Waals surface area contributed by atoms with Gasteiger partial charge in [0.25, 0.3) is 0 Å². The highest BCUT2D eigenvalue weighted by Crippen LogP contribution is 2.13. The van der Waals surface area contributed by atoms with E-state index in [0.29, 0.717) is 5.69 Å². The van der Waals surface area contributed by atoms with Gasteiger partial charge in [0.1, 0.15) is 5.60 Å². The number of carbonyl (C=O) groups excluding carboxylic acids is 1. The van der Waals surface area contributed by atoms with E-state index in [0.717, 1.165) is 24.2 Å². The lowest BCUT2D eigenvalue weighted by atomic mass is 10.2. The molecule has 0 spiro atoms. The number of furan rings is 1. The zero-order valence-corrected chi connectivity index (χ0v) is 13.2. The number of hydrogen-bond acceptors (Lipinski definition) is 4. The maximum atomic E-state index is 11.7. The Hall–Kier alpha value is -2.27. The first-order valence-corrected chi connectivity index (χ1v) is 7.23. The lowest BCUT2D eigenvalue weighted by Crippen LogP contribution is -2.27. The highest BCUT2D eigenvalue weighted by atomic mass is 16.6. The first kappa shape index (κ1) is 16.1. The summed E-state index contributed by atoms with van der Waals surface area (Å²) in [6.07, 6.45) is 2.94. The summed E-state index contributed by atoms with van der Waals surface area (Å²) in [5.74, 6) is 0. The van der Waals surface area contributed by atoms with Crippen LogP contribution < -0.4 is 10.6 Å². The Balaban J connectivity index is 1.78. The first-order valence-electron chi connectivity index (χ1n) is 7.23. The molecule has 2 rings (SSSR count). The van der Waals surface area contributed by atoms with E-state index in [1.807, 2.05) is 51.1 Å². The summed E-state index contributed by atoms with van der Waals surface area (Å²) in [6.45, 7) is 7.01. The summed E-state index contributed by atoms with van der Waals surface area (Å²) in [7, 11) is 0. The molecule has 1 amide bonds. The number of carbonyl (C=O) groups is 1. The summed E-state index contributed by atoms with van der Waals surface area (Å²) >= 11 is 0. The van der Waals surface area contributed by atoms with Crippen LogP contribution in [0.3, 0.4) is 0 Å². The van der Waals surface area contributed by atoms with Crippen molar-refractivity contribution in [2.45, 2.75) is 39.5 Å². The molecule has 22 heavy (non-hydrogen) atoms. The number of ether oxygens (including phenoxy) is 1. The summed E-state index contributed by atoms with van der Waals surface area (Å²) < 4.78 is 10.2. The van der Waals surface area contributed by atoms with Crippen LogP contribution in [0.2, 0.25) is 0 Å². The van der Waals surface area contributed by atoms with Crippen molar-refractivity contribution in [2.75, 3.05) is 5.32 Å². The Morgan fingerprint density at radius 3 is 2.36 bits per heavy atom. The predicted octanol–water partition coefficient (Wildman–Crippen LogP) is 3.92. The quantitative estimate of drug-likeness (QED) is 0.878. The van der Waals surface area contributed by atoms with Crippen molar-refractivity contribution in [3.05, 3.63) is 54.0 Å². The fraction of sp³-hybridized carbons (Fsp3) is 0.353. The fourth-order valence-corrected chi connectivity index (χ4v) is 1.87.